The summed E-state index contributed by atoms with van der Waals surface area (Å²) in [6.07, 6.45) is 3.05. The number of ether oxygens (including phenoxy) is 1. The fourth-order valence-corrected chi connectivity index (χ4v) is 3.87. The maximum absolute atomic E-state index is 12.6. The number of likely N-dealkylation sites (N-methyl/N-ethyl adjacent to an activating group) is 1. The van der Waals surface area contributed by atoms with Gasteiger partial charge in [0.15, 0.2) is 11.9 Å². The van der Waals surface area contributed by atoms with E-state index in [1.54, 1.807) is 26.1 Å². The number of hydrogen-bond acceptors (Lipinski definition) is 6. The average molecular weight is 396 g/mol. The second-order valence-corrected chi connectivity index (χ2v) is 7.60. The Morgan fingerprint density at radius 3 is 2.72 bits per heavy atom. The summed E-state index contributed by atoms with van der Waals surface area (Å²) in [5.74, 6) is 0.912. The fraction of sp³-hybridized carbons (Fsp3) is 0.409. The molecule has 1 aliphatic carbocycles. The molecule has 1 atom stereocenters. The van der Waals surface area contributed by atoms with E-state index in [1.807, 2.05) is 19.1 Å². The lowest BCUT2D eigenvalue weighted by molar-refractivity contribution is -0.137. The van der Waals surface area contributed by atoms with Crippen LogP contribution in [0.2, 0.25) is 0 Å². The molecule has 0 aliphatic heterocycles. The van der Waals surface area contributed by atoms with Crippen LogP contribution in [0.25, 0.3) is 11.0 Å². The van der Waals surface area contributed by atoms with Gasteiger partial charge in [-0.05, 0) is 57.2 Å². The summed E-state index contributed by atoms with van der Waals surface area (Å²) >= 11 is 0. The number of carbonyl (C=O) groups is 1. The molecule has 0 saturated heterocycles. The van der Waals surface area contributed by atoms with Gasteiger partial charge in [-0.1, -0.05) is 5.16 Å². The molecule has 4 rings (SSSR count). The molecule has 152 valence electrons. The highest BCUT2D eigenvalue weighted by atomic mass is 16.5. The number of aromatic nitrogens is 1. The highest BCUT2D eigenvalue weighted by Gasteiger charge is 2.22. The van der Waals surface area contributed by atoms with Gasteiger partial charge in [0.05, 0.1) is 12.2 Å². The molecule has 7 heteroatoms. The van der Waals surface area contributed by atoms with Crippen molar-refractivity contribution in [1.82, 2.24) is 10.1 Å². The van der Waals surface area contributed by atoms with E-state index in [0.717, 1.165) is 47.9 Å². The van der Waals surface area contributed by atoms with Crippen molar-refractivity contribution in [3.8, 4) is 5.75 Å². The van der Waals surface area contributed by atoms with Gasteiger partial charge in [0.1, 0.15) is 11.3 Å². The van der Waals surface area contributed by atoms with Gasteiger partial charge in [-0.25, -0.2) is 4.79 Å². The third-order valence-corrected chi connectivity index (χ3v) is 5.30. The molecule has 0 fully saturated rings. The van der Waals surface area contributed by atoms with Crippen molar-refractivity contribution >= 4 is 16.9 Å². The molecular weight excluding hydrogens is 372 g/mol. The van der Waals surface area contributed by atoms with Crippen LogP contribution < -0.4 is 10.4 Å². The summed E-state index contributed by atoms with van der Waals surface area (Å²) in [6, 6.07) is 7.22. The maximum Gasteiger partial charge on any atom is 0.339 e. The third-order valence-electron chi connectivity index (χ3n) is 5.30. The second kappa shape index (κ2) is 7.73. The van der Waals surface area contributed by atoms with E-state index in [0.29, 0.717) is 23.6 Å². The standard InChI is InChI=1S/C22H24N2O5/c1-13-10-16(29-23-13)12-24(3)21(25)14(2)27-15-8-9-18-17-6-4-5-7-19(17)22(26)28-20(18)11-15/h8-11,14H,4-7,12H2,1-3H3. The molecule has 2 heterocycles. The Bertz CT molecular complexity index is 1110. The molecule has 1 amide bonds. The highest BCUT2D eigenvalue weighted by molar-refractivity contribution is 5.83. The molecule has 1 aromatic carbocycles. The Morgan fingerprint density at radius 1 is 1.24 bits per heavy atom. The lowest BCUT2D eigenvalue weighted by Gasteiger charge is -2.21. The molecule has 0 spiro atoms. The molecule has 3 aromatic rings. The zero-order valence-electron chi connectivity index (χ0n) is 16.9. The molecule has 2 aromatic heterocycles. The van der Waals surface area contributed by atoms with E-state index in [-0.39, 0.29) is 11.5 Å². The fourth-order valence-electron chi connectivity index (χ4n) is 3.87. The van der Waals surface area contributed by atoms with Crippen molar-refractivity contribution in [3.63, 3.8) is 0 Å². The number of hydrogen-bond donors (Lipinski definition) is 0. The molecule has 0 saturated carbocycles. The van der Waals surface area contributed by atoms with Crippen molar-refractivity contribution in [2.24, 2.45) is 0 Å². The number of nitrogens with zero attached hydrogens (tertiary/aromatic N) is 2. The normalized spacial score (nSPS) is 14.4. The number of benzene rings is 1. The van der Waals surface area contributed by atoms with E-state index in [4.69, 9.17) is 13.7 Å². The molecule has 29 heavy (non-hydrogen) atoms. The summed E-state index contributed by atoms with van der Waals surface area (Å²) in [5, 5.41) is 4.78. The Labute approximate surface area is 168 Å². The molecule has 0 N–H and O–H groups in total. The Balaban J connectivity index is 1.51. The number of rotatable bonds is 5. The summed E-state index contributed by atoms with van der Waals surface area (Å²) in [5.41, 5.74) is 2.88. The molecule has 0 bridgehead atoms. The van der Waals surface area contributed by atoms with Crippen molar-refractivity contribution in [2.75, 3.05) is 7.05 Å². The Hall–Kier alpha value is -3.09. The van der Waals surface area contributed by atoms with Gasteiger partial charge in [-0.15, -0.1) is 0 Å². The SMILES string of the molecule is Cc1cc(CN(C)C(=O)C(C)Oc2ccc3c4c(c(=O)oc3c2)CCCC4)on1. The third kappa shape index (κ3) is 3.90. The first-order valence-corrected chi connectivity index (χ1v) is 9.85. The van der Waals surface area contributed by atoms with Gasteiger partial charge in [0, 0.05) is 30.1 Å². The first kappa shape index (κ1) is 19.2. The van der Waals surface area contributed by atoms with Crippen LogP contribution in [0, 0.1) is 6.92 Å². The van der Waals surface area contributed by atoms with Crippen LogP contribution in [0.5, 0.6) is 5.75 Å². The van der Waals surface area contributed by atoms with Crippen molar-refractivity contribution in [1.29, 1.82) is 0 Å². The number of aryl methyl sites for hydroxylation is 2. The van der Waals surface area contributed by atoms with E-state index in [1.165, 1.54) is 4.90 Å². The number of carbonyl (C=O) groups excluding carboxylic acids is 1. The van der Waals surface area contributed by atoms with Crippen molar-refractivity contribution < 1.29 is 18.5 Å². The predicted octanol–water partition coefficient (Wildman–Crippen LogP) is 3.39. The molecular formula is C22H24N2O5. The minimum absolute atomic E-state index is 0.189. The zero-order chi connectivity index (χ0) is 20.5. The van der Waals surface area contributed by atoms with E-state index < -0.39 is 6.10 Å². The smallest absolute Gasteiger partial charge is 0.339 e. The van der Waals surface area contributed by atoms with Crippen LogP contribution in [-0.4, -0.2) is 29.1 Å². The highest BCUT2D eigenvalue weighted by Crippen LogP contribution is 2.29. The monoisotopic (exact) mass is 396 g/mol. The first-order valence-electron chi connectivity index (χ1n) is 9.85. The van der Waals surface area contributed by atoms with E-state index in [9.17, 15) is 9.59 Å². The molecule has 0 radical (unpaired) electrons. The van der Waals surface area contributed by atoms with Crippen LogP contribution in [0.1, 0.15) is 42.3 Å². The van der Waals surface area contributed by atoms with Crippen LogP contribution >= 0.6 is 0 Å². The summed E-state index contributed by atoms with van der Waals surface area (Å²) < 4.78 is 16.5. The summed E-state index contributed by atoms with van der Waals surface area (Å²) in [4.78, 5) is 26.5. The van der Waals surface area contributed by atoms with Crippen molar-refractivity contribution in [2.45, 2.75) is 52.2 Å². The Kier molecular flexibility index (Phi) is 5.13. The van der Waals surface area contributed by atoms with Gasteiger partial charge in [0.25, 0.3) is 5.91 Å². The van der Waals surface area contributed by atoms with E-state index >= 15 is 0 Å². The van der Waals surface area contributed by atoms with Gasteiger partial charge in [-0.3, -0.25) is 4.79 Å². The zero-order valence-corrected chi connectivity index (χ0v) is 16.9. The summed E-state index contributed by atoms with van der Waals surface area (Å²) in [7, 11) is 1.69. The minimum Gasteiger partial charge on any atom is -0.481 e. The molecule has 1 aliphatic rings. The maximum atomic E-state index is 12.6. The average Bonchev–Trinajstić information content (AvgIpc) is 3.12. The topological polar surface area (TPSA) is 85.8 Å². The number of amides is 1. The second-order valence-electron chi connectivity index (χ2n) is 7.60. The van der Waals surface area contributed by atoms with Gasteiger partial charge in [0.2, 0.25) is 0 Å². The van der Waals surface area contributed by atoms with E-state index in [2.05, 4.69) is 5.16 Å². The first-order chi connectivity index (χ1) is 13.9. The minimum atomic E-state index is -0.703. The van der Waals surface area contributed by atoms with Gasteiger partial charge < -0.3 is 18.6 Å². The molecule has 1 unspecified atom stereocenters. The summed E-state index contributed by atoms with van der Waals surface area (Å²) in [6.45, 7) is 3.83. The quantitative estimate of drug-likeness (QED) is 0.615. The van der Waals surface area contributed by atoms with Gasteiger partial charge >= 0.3 is 5.63 Å². The number of fused-ring (bicyclic) bond motifs is 3. The van der Waals surface area contributed by atoms with Crippen LogP contribution in [0.4, 0.5) is 0 Å². The Morgan fingerprint density at radius 2 is 2.00 bits per heavy atom. The largest absolute Gasteiger partial charge is 0.481 e. The predicted molar refractivity (Wildman–Crippen MR) is 107 cm³/mol. The van der Waals surface area contributed by atoms with Crippen LogP contribution in [0.15, 0.2) is 38.0 Å². The lowest BCUT2D eigenvalue weighted by Crippen LogP contribution is -2.37. The van der Waals surface area contributed by atoms with Gasteiger partial charge in [-0.2, -0.15) is 0 Å². The van der Waals surface area contributed by atoms with Crippen molar-refractivity contribution in [3.05, 3.63) is 57.3 Å². The lowest BCUT2D eigenvalue weighted by atomic mass is 9.91. The molecule has 7 nitrogen and oxygen atoms in total. The van der Waals surface area contributed by atoms with Crippen LogP contribution in [0.3, 0.4) is 0 Å². The van der Waals surface area contributed by atoms with Crippen LogP contribution in [-0.2, 0) is 24.2 Å².